The van der Waals surface area contributed by atoms with Gasteiger partial charge in [0.25, 0.3) is 0 Å². The first-order valence-corrected chi connectivity index (χ1v) is 5.35. The Hall–Kier alpha value is -2.50. The normalized spacial score (nSPS) is 10.1. The molecular weight excluding hydrogens is 236 g/mol. The number of nitrogens with two attached hydrogens (primary N) is 1. The topological polar surface area (TPSA) is 87.6 Å². The van der Waals surface area contributed by atoms with E-state index in [0.29, 0.717) is 11.4 Å². The fourth-order valence-electron chi connectivity index (χ4n) is 1.28. The Kier molecular flexibility index (Phi) is 3.47. The van der Waals surface area contributed by atoms with E-state index in [4.69, 9.17) is 19.6 Å². The van der Waals surface area contributed by atoms with Crippen molar-refractivity contribution in [2.75, 3.05) is 12.3 Å². The molecule has 94 valence electrons. The molecule has 0 aliphatic rings. The summed E-state index contributed by atoms with van der Waals surface area (Å²) >= 11 is 0. The smallest absolute Gasteiger partial charge is 0.399 e. The lowest BCUT2D eigenvalue weighted by atomic mass is 10.3. The van der Waals surface area contributed by atoms with Crippen LogP contribution in [0.5, 0.6) is 11.8 Å². The summed E-state index contributed by atoms with van der Waals surface area (Å²) in [5, 5.41) is 0. The molecule has 1 heterocycles. The van der Waals surface area contributed by atoms with Crippen molar-refractivity contribution in [3.63, 3.8) is 0 Å². The Morgan fingerprint density at radius 1 is 1.50 bits per heavy atom. The van der Waals surface area contributed by atoms with E-state index < -0.39 is 5.97 Å². The zero-order valence-corrected chi connectivity index (χ0v) is 9.75. The van der Waals surface area contributed by atoms with Gasteiger partial charge in [-0.1, -0.05) is 6.07 Å². The zero-order valence-electron chi connectivity index (χ0n) is 9.75. The van der Waals surface area contributed by atoms with Crippen molar-refractivity contribution >= 4 is 11.7 Å². The van der Waals surface area contributed by atoms with Crippen LogP contribution in [0.25, 0.3) is 0 Å². The number of nitrogen functional groups attached to an aromatic ring is 1. The molecule has 6 heteroatoms. The van der Waals surface area contributed by atoms with Gasteiger partial charge in [0, 0.05) is 11.8 Å². The summed E-state index contributed by atoms with van der Waals surface area (Å²) in [6.07, 6.45) is 1.14. The average Bonchev–Trinajstić information content (AvgIpc) is 2.78. The van der Waals surface area contributed by atoms with Gasteiger partial charge in [0.15, 0.2) is 5.69 Å². The number of nitrogens with zero attached hydrogens (tertiary/aromatic N) is 1. The zero-order chi connectivity index (χ0) is 13.0. The maximum Gasteiger partial charge on any atom is 0.399 e. The van der Waals surface area contributed by atoms with Gasteiger partial charge in [0.1, 0.15) is 12.0 Å². The molecule has 6 nitrogen and oxygen atoms in total. The summed E-state index contributed by atoms with van der Waals surface area (Å²) in [6.45, 7) is 1.99. The van der Waals surface area contributed by atoms with Crippen LogP contribution in [-0.4, -0.2) is 17.6 Å². The second-order valence-corrected chi connectivity index (χ2v) is 3.39. The Labute approximate surface area is 103 Å². The number of hydrogen-bond donors (Lipinski definition) is 1. The van der Waals surface area contributed by atoms with E-state index in [1.807, 2.05) is 0 Å². The van der Waals surface area contributed by atoms with Crippen LogP contribution < -0.4 is 10.5 Å². The van der Waals surface area contributed by atoms with Crippen LogP contribution in [0.4, 0.5) is 5.69 Å². The van der Waals surface area contributed by atoms with Crippen LogP contribution in [0.1, 0.15) is 17.4 Å². The molecule has 0 aliphatic heterocycles. The predicted molar refractivity (Wildman–Crippen MR) is 63.4 cm³/mol. The van der Waals surface area contributed by atoms with Crippen molar-refractivity contribution in [1.82, 2.24) is 4.98 Å². The number of hydrogen-bond acceptors (Lipinski definition) is 6. The molecule has 0 atom stereocenters. The monoisotopic (exact) mass is 248 g/mol. The molecule has 0 saturated carbocycles. The van der Waals surface area contributed by atoms with Gasteiger partial charge in [-0.3, -0.25) is 0 Å². The number of anilines is 1. The highest BCUT2D eigenvalue weighted by atomic mass is 16.6. The molecule has 0 bridgehead atoms. The van der Waals surface area contributed by atoms with Crippen molar-refractivity contribution in [3.05, 3.63) is 36.2 Å². The van der Waals surface area contributed by atoms with Gasteiger partial charge in [-0.2, -0.15) is 4.98 Å². The first-order valence-electron chi connectivity index (χ1n) is 5.35. The Morgan fingerprint density at radius 3 is 3.06 bits per heavy atom. The molecular formula is C12H12N2O4. The number of aromatic nitrogens is 1. The largest absolute Gasteiger partial charge is 0.461 e. The average molecular weight is 248 g/mol. The molecule has 1 aromatic carbocycles. The number of benzene rings is 1. The highest BCUT2D eigenvalue weighted by molar-refractivity contribution is 5.86. The molecule has 0 aliphatic carbocycles. The van der Waals surface area contributed by atoms with Crippen LogP contribution in [-0.2, 0) is 4.74 Å². The van der Waals surface area contributed by atoms with Gasteiger partial charge in [-0.25, -0.2) is 4.79 Å². The third-order valence-corrected chi connectivity index (χ3v) is 2.03. The van der Waals surface area contributed by atoms with E-state index >= 15 is 0 Å². The minimum Gasteiger partial charge on any atom is -0.461 e. The van der Waals surface area contributed by atoms with Gasteiger partial charge < -0.3 is 19.6 Å². The summed E-state index contributed by atoms with van der Waals surface area (Å²) in [7, 11) is 0. The minimum atomic E-state index is -0.552. The molecule has 0 saturated heterocycles. The molecule has 0 radical (unpaired) electrons. The van der Waals surface area contributed by atoms with Crippen molar-refractivity contribution in [3.8, 4) is 11.8 Å². The first-order chi connectivity index (χ1) is 8.69. The van der Waals surface area contributed by atoms with Crippen molar-refractivity contribution in [2.24, 2.45) is 0 Å². The third kappa shape index (κ3) is 2.79. The van der Waals surface area contributed by atoms with Crippen LogP contribution in [0.15, 0.2) is 34.9 Å². The van der Waals surface area contributed by atoms with Crippen molar-refractivity contribution < 1.29 is 18.7 Å². The summed E-state index contributed by atoms with van der Waals surface area (Å²) in [5.74, 6) is -0.0732. The maximum absolute atomic E-state index is 11.3. The summed E-state index contributed by atoms with van der Waals surface area (Å²) in [6, 6.07) is 6.78. The lowest BCUT2D eigenvalue weighted by Gasteiger charge is -2.00. The van der Waals surface area contributed by atoms with Gasteiger partial charge in [-0.05, 0) is 19.1 Å². The van der Waals surface area contributed by atoms with Crippen LogP contribution >= 0.6 is 0 Å². The first kappa shape index (κ1) is 12.0. The molecule has 0 amide bonds. The number of carbonyl (C=O) groups excluding carboxylic acids is 1. The molecule has 0 unspecified atom stereocenters. The number of oxazole rings is 1. The van der Waals surface area contributed by atoms with Gasteiger partial charge in [0.2, 0.25) is 0 Å². The molecule has 2 aromatic rings. The Balaban J connectivity index is 2.09. The predicted octanol–water partition coefficient (Wildman–Crippen LogP) is 2.23. The van der Waals surface area contributed by atoms with Gasteiger partial charge >= 0.3 is 12.0 Å². The highest BCUT2D eigenvalue weighted by Crippen LogP contribution is 2.22. The van der Waals surface area contributed by atoms with E-state index in [2.05, 4.69) is 4.98 Å². The van der Waals surface area contributed by atoms with E-state index in [-0.39, 0.29) is 18.4 Å². The molecule has 18 heavy (non-hydrogen) atoms. The standard InChI is InChI=1S/C12H12N2O4/c1-2-16-11(15)10-7-17-12(14-10)18-9-5-3-4-8(13)6-9/h3-7H,2,13H2,1H3. The van der Waals surface area contributed by atoms with E-state index in [1.54, 1.807) is 31.2 Å². The minimum absolute atomic E-state index is 0.0383. The second-order valence-electron chi connectivity index (χ2n) is 3.39. The Morgan fingerprint density at radius 2 is 2.33 bits per heavy atom. The quantitative estimate of drug-likeness (QED) is 0.659. The fourth-order valence-corrected chi connectivity index (χ4v) is 1.28. The fraction of sp³-hybridized carbons (Fsp3) is 0.167. The molecule has 1 aromatic heterocycles. The lowest BCUT2D eigenvalue weighted by molar-refractivity contribution is 0.0519. The highest BCUT2D eigenvalue weighted by Gasteiger charge is 2.14. The van der Waals surface area contributed by atoms with Crippen LogP contribution in [0, 0.1) is 0 Å². The maximum atomic E-state index is 11.3. The summed E-state index contributed by atoms with van der Waals surface area (Å²) < 4.78 is 15.1. The van der Waals surface area contributed by atoms with Crippen molar-refractivity contribution in [2.45, 2.75) is 6.92 Å². The van der Waals surface area contributed by atoms with E-state index in [9.17, 15) is 4.79 Å². The number of esters is 1. The molecule has 2 N–H and O–H groups in total. The lowest BCUT2D eigenvalue weighted by Crippen LogP contribution is -2.04. The molecule has 0 spiro atoms. The van der Waals surface area contributed by atoms with E-state index in [1.165, 1.54) is 6.26 Å². The SMILES string of the molecule is CCOC(=O)c1coc(Oc2cccc(N)c2)n1. The second kappa shape index (κ2) is 5.22. The third-order valence-electron chi connectivity index (χ3n) is 2.03. The summed E-state index contributed by atoms with van der Waals surface area (Å²) in [5.41, 5.74) is 6.23. The molecule has 2 rings (SSSR count). The van der Waals surface area contributed by atoms with Crippen LogP contribution in [0.2, 0.25) is 0 Å². The van der Waals surface area contributed by atoms with Gasteiger partial charge in [0.05, 0.1) is 6.61 Å². The van der Waals surface area contributed by atoms with Crippen LogP contribution in [0.3, 0.4) is 0 Å². The van der Waals surface area contributed by atoms with Crippen molar-refractivity contribution in [1.29, 1.82) is 0 Å². The van der Waals surface area contributed by atoms with E-state index in [0.717, 1.165) is 0 Å². The number of ether oxygens (including phenoxy) is 2. The Bertz CT molecular complexity index is 551. The summed E-state index contributed by atoms with van der Waals surface area (Å²) in [4.78, 5) is 15.2. The number of carbonyl (C=O) groups is 1. The molecule has 0 fully saturated rings. The number of rotatable bonds is 4. The van der Waals surface area contributed by atoms with Gasteiger partial charge in [-0.15, -0.1) is 0 Å².